The molecule has 4 rings (SSSR count). The Labute approximate surface area is 165 Å². The van der Waals surface area contributed by atoms with Crippen molar-refractivity contribution < 1.29 is 15.0 Å². The molecule has 154 valence electrons. The number of carboxylic acids is 1. The van der Waals surface area contributed by atoms with Crippen molar-refractivity contribution in [1.29, 1.82) is 0 Å². The Morgan fingerprint density at radius 1 is 1.00 bits per heavy atom. The minimum atomic E-state index is -0.643. The van der Waals surface area contributed by atoms with Crippen LogP contribution >= 0.6 is 0 Å². The maximum absolute atomic E-state index is 11.0. The van der Waals surface area contributed by atoms with E-state index < -0.39 is 5.97 Å². The van der Waals surface area contributed by atoms with Crippen LogP contribution in [0.5, 0.6) is 0 Å². The summed E-state index contributed by atoms with van der Waals surface area (Å²) >= 11 is 0. The molecule has 0 amide bonds. The van der Waals surface area contributed by atoms with Gasteiger partial charge in [0.2, 0.25) is 0 Å². The van der Waals surface area contributed by atoms with Gasteiger partial charge >= 0.3 is 5.97 Å². The molecule has 4 fully saturated rings. The van der Waals surface area contributed by atoms with Crippen molar-refractivity contribution in [2.24, 2.45) is 46.3 Å². The van der Waals surface area contributed by atoms with Crippen LogP contribution in [0.2, 0.25) is 0 Å². The summed E-state index contributed by atoms with van der Waals surface area (Å²) in [7, 11) is 0. The molecule has 4 aliphatic rings. The summed E-state index contributed by atoms with van der Waals surface area (Å²) in [5, 5.41) is 19.3. The lowest BCUT2D eigenvalue weighted by Crippen LogP contribution is -2.54. The van der Waals surface area contributed by atoms with Crippen LogP contribution in [0.3, 0.4) is 0 Å². The second-order valence-corrected chi connectivity index (χ2v) is 11.2. The number of hydrogen-bond acceptors (Lipinski definition) is 2. The molecule has 0 aliphatic heterocycles. The maximum Gasteiger partial charge on any atom is 0.303 e. The monoisotopic (exact) mass is 376 g/mol. The van der Waals surface area contributed by atoms with Crippen molar-refractivity contribution in [2.45, 2.75) is 97.5 Å². The van der Waals surface area contributed by atoms with Gasteiger partial charge in [0.1, 0.15) is 0 Å². The fourth-order valence-corrected chi connectivity index (χ4v) is 8.76. The standard InChI is InChI=1S/C24H40O3/c1-15(4-9-22(26)27)19-7-8-20-18-6-5-16-14-17(25)10-12-23(16,2)21(18)11-13-24(19,20)3/h15-21,25H,4-14H2,1-3H3,(H,26,27)/t15-,16-,17-,18+,19-,20?,21?,23+,24-/m1/s1. The van der Waals surface area contributed by atoms with E-state index in [0.717, 1.165) is 42.9 Å². The number of carbonyl (C=O) groups is 1. The lowest BCUT2D eigenvalue weighted by Gasteiger charge is -2.61. The van der Waals surface area contributed by atoms with E-state index in [-0.39, 0.29) is 6.10 Å². The number of hydrogen-bond donors (Lipinski definition) is 2. The van der Waals surface area contributed by atoms with Crippen molar-refractivity contribution in [3.8, 4) is 0 Å². The van der Waals surface area contributed by atoms with Gasteiger partial charge in [-0.3, -0.25) is 4.79 Å². The fourth-order valence-electron chi connectivity index (χ4n) is 8.76. The van der Waals surface area contributed by atoms with Gasteiger partial charge in [-0.2, -0.15) is 0 Å². The molecule has 3 heteroatoms. The molecule has 0 aromatic rings. The molecule has 2 N–H and O–H groups in total. The molecule has 2 unspecified atom stereocenters. The Kier molecular flexibility index (Phi) is 5.15. The van der Waals surface area contributed by atoms with Crippen LogP contribution in [0.1, 0.15) is 91.4 Å². The van der Waals surface area contributed by atoms with Gasteiger partial charge in [-0.1, -0.05) is 20.8 Å². The number of aliphatic hydroxyl groups is 1. The van der Waals surface area contributed by atoms with Crippen molar-refractivity contribution in [3.05, 3.63) is 0 Å². The van der Waals surface area contributed by atoms with Gasteiger partial charge in [-0.15, -0.1) is 0 Å². The summed E-state index contributed by atoms with van der Waals surface area (Å²) in [6.45, 7) is 7.43. The van der Waals surface area contributed by atoms with E-state index in [1.807, 2.05) is 0 Å². The average molecular weight is 377 g/mol. The zero-order valence-corrected chi connectivity index (χ0v) is 17.6. The summed E-state index contributed by atoms with van der Waals surface area (Å²) in [4.78, 5) is 11.0. The molecule has 0 bridgehead atoms. The highest BCUT2D eigenvalue weighted by Crippen LogP contribution is 2.68. The number of fused-ring (bicyclic) bond motifs is 5. The highest BCUT2D eigenvalue weighted by molar-refractivity contribution is 5.66. The van der Waals surface area contributed by atoms with Crippen LogP contribution in [0.4, 0.5) is 0 Å². The molecule has 0 heterocycles. The van der Waals surface area contributed by atoms with E-state index in [2.05, 4.69) is 20.8 Å². The molecule has 4 aliphatic carbocycles. The second-order valence-electron chi connectivity index (χ2n) is 11.2. The van der Waals surface area contributed by atoms with Crippen LogP contribution in [0.25, 0.3) is 0 Å². The first-order valence-electron chi connectivity index (χ1n) is 11.7. The molecule has 0 radical (unpaired) electrons. The predicted molar refractivity (Wildman–Crippen MR) is 107 cm³/mol. The van der Waals surface area contributed by atoms with Crippen LogP contribution < -0.4 is 0 Å². The molecule has 0 spiro atoms. The van der Waals surface area contributed by atoms with Crippen LogP contribution in [-0.4, -0.2) is 22.3 Å². The van der Waals surface area contributed by atoms with E-state index in [1.165, 1.54) is 44.9 Å². The predicted octanol–water partition coefficient (Wildman–Crippen LogP) is 5.51. The molecule has 0 saturated heterocycles. The first kappa shape index (κ1) is 19.7. The zero-order valence-electron chi connectivity index (χ0n) is 17.6. The van der Waals surface area contributed by atoms with Gasteiger partial charge in [0.25, 0.3) is 0 Å². The normalized spacial score (nSPS) is 50.4. The summed E-state index contributed by atoms with van der Waals surface area (Å²) in [5.41, 5.74) is 0.882. The third kappa shape index (κ3) is 3.16. The fraction of sp³-hybridized carbons (Fsp3) is 0.958. The Balaban J connectivity index is 1.51. The first-order valence-corrected chi connectivity index (χ1v) is 11.7. The number of rotatable bonds is 4. The van der Waals surface area contributed by atoms with E-state index in [0.29, 0.717) is 29.1 Å². The SMILES string of the molecule is C[C@H](CCC(=O)O)[C@H]1CCC2[C@@H]3CC[C@@H]4C[C@H](O)CC[C@]4(C)C3CC[C@@]21C. The minimum absolute atomic E-state index is 0.0561. The van der Waals surface area contributed by atoms with Gasteiger partial charge in [0.05, 0.1) is 6.10 Å². The Hall–Kier alpha value is -0.570. The highest BCUT2D eigenvalue weighted by atomic mass is 16.4. The van der Waals surface area contributed by atoms with Crippen molar-refractivity contribution in [2.75, 3.05) is 0 Å². The maximum atomic E-state index is 11.0. The Morgan fingerprint density at radius 2 is 1.70 bits per heavy atom. The van der Waals surface area contributed by atoms with Crippen LogP contribution in [0, 0.1) is 46.3 Å². The summed E-state index contributed by atoms with van der Waals surface area (Å²) < 4.78 is 0. The van der Waals surface area contributed by atoms with Gasteiger partial charge < -0.3 is 10.2 Å². The molecule has 0 aromatic heterocycles. The van der Waals surface area contributed by atoms with E-state index in [4.69, 9.17) is 5.11 Å². The summed E-state index contributed by atoms with van der Waals surface area (Å²) in [6, 6.07) is 0. The van der Waals surface area contributed by atoms with Crippen molar-refractivity contribution in [3.63, 3.8) is 0 Å². The average Bonchev–Trinajstić information content (AvgIpc) is 2.97. The van der Waals surface area contributed by atoms with Crippen LogP contribution in [-0.2, 0) is 4.79 Å². The van der Waals surface area contributed by atoms with E-state index in [1.54, 1.807) is 0 Å². The Bertz CT molecular complexity index is 574. The Morgan fingerprint density at radius 3 is 2.44 bits per heavy atom. The number of aliphatic hydroxyl groups excluding tert-OH is 1. The third-order valence-corrected chi connectivity index (χ3v) is 10.2. The molecule has 0 aromatic carbocycles. The van der Waals surface area contributed by atoms with E-state index in [9.17, 15) is 9.90 Å². The topological polar surface area (TPSA) is 57.5 Å². The minimum Gasteiger partial charge on any atom is -0.481 e. The summed E-state index contributed by atoms with van der Waals surface area (Å²) in [5.74, 6) is 3.91. The summed E-state index contributed by atoms with van der Waals surface area (Å²) in [6.07, 6.45) is 12.4. The quantitative estimate of drug-likeness (QED) is 0.680. The molecular formula is C24H40O3. The van der Waals surface area contributed by atoms with Gasteiger partial charge in [-0.25, -0.2) is 0 Å². The molecule has 4 saturated carbocycles. The molecule has 27 heavy (non-hydrogen) atoms. The number of carboxylic acid groups (broad SMARTS) is 1. The van der Waals surface area contributed by atoms with Crippen molar-refractivity contribution in [1.82, 2.24) is 0 Å². The van der Waals surface area contributed by atoms with Gasteiger partial charge in [0, 0.05) is 6.42 Å². The van der Waals surface area contributed by atoms with E-state index >= 15 is 0 Å². The van der Waals surface area contributed by atoms with Gasteiger partial charge in [-0.05, 0) is 111 Å². The molecule has 3 nitrogen and oxygen atoms in total. The lowest BCUT2D eigenvalue weighted by atomic mass is 9.44. The van der Waals surface area contributed by atoms with Gasteiger partial charge in [0.15, 0.2) is 0 Å². The first-order chi connectivity index (χ1) is 12.8. The second kappa shape index (κ2) is 7.04. The smallest absolute Gasteiger partial charge is 0.303 e. The zero-order chi connectivity index (χ0) is 19.4. The largest absolute Gasteiger partial charge is 0.481 e. The highest BCUT2D eigenvalue weighted by Gasteiger charge is 2.60. The van der Waals surface area contributed by atoms with Crippen molar-refractivity contribution >= 4 is 5.97 Å². The number of aliphatic carboxylic acids is 1. The third-order valence-electron chi connectivity index (χ3n) is 10.2. The van der Waals surface area contributed by atoms with Crippen LogP contribution in [0.15, 0.2) is 0 Å². The lowest BCUT2D eigenvalue weighted by molar-refractivity contribution is -0.138. The molecule has 9 atom stereocenters. The molecular weight excluding hydrogens is 336 g/mol.